The van der Waals surface area contributed by atoms with Crippen molar-refractivity contribution in [2.24, 2.45) is 0 Å². The summed E-state index contributed by atoms with van der Waals surface area (Å²) < 4.78 is 41.2. The summed E-state index contributed by atoms with van der Waals surface area (Å²) >= 11 is 0. The summed E-state index contributed by atoms with van der Waals surface area (Å²) in [5.41, 5.74) is -0.00491. The van der Waals surface area contributed by atoms with E-state index in [1.54, 1.807) is 18.2 Å². The molecule has 2 rings (SSSR count). The van der Waals surface area contributed by atoms with Gasteiger partial charge in [0.1, 0.15) is 0 Å². The summed E-state index contributed by atoms with van der Waals surface area (Å²) in [5, 5.41) is 2.29. The van der Waals surface area contributed by atoms with Crippen LogP contribution in [0.3, 0.4) is 0 Å². The molecule has 1 heterocycles. The first kappa shape index (κ1) is 10.5. The highest BCUT2D eigenvalue weighted by Gasteiger charge is 2.57. The molecule has 1 aliphatic heterocycles. The highest BCUT2D eigenvalue weighted by molar-refractivity contribution is 5.25. The van der Waals surface area contributed by atoms with E-state index in [9.17, 15) is 13.2 Å². The lowest BCUT2D eigenvalue weighted by atomic mass is 9.91. The maximum Gasteiger partial charge on any atom is 0.299 e. The van der Waals surface area contributed by atoms with E-state index in [1.807, 2.05) is 0 Å². The molecule has 0 spiro atoms. The normalized spacial score (nSPS) is 30.1. The molecule has 1 fully saturated rings. The summed E-state index contributed by atoms with van der Waals surface area (Å²) in [6.45, 7) is 0.279. The van der Waals surface area contributed by atoms with E-state index in [0.29, 0.717) is 6.42 Å². The first-order chi connectivity index (χ1) is 7.06. The topological polar surface area (TPSA) is 12.0 Å². The average Bonchev–Trinajstić information content (AvgIpc) is 2.24. The summed E-state index contributed by atoms with van der Waals surface area (Å²) in [7, 11) is 0. The van der Waals surface area contributed by atoms with E-state index in [1.165, 1.54) is 12.1 Å². The number of hydrogen-bond donors (Lipinski definition) is 1. The van der Waals surface area contributed by atoms with Crippen molar-refractivity contribution in [3.05, 3.63) is 35.9 Å². The van der Waals surface area contributed by atoms with Crippen molar-refractivity contribution in [3.63, 3.8) is 0 Å². The number of nitrogens with one attached hydrogen (secondary N) is 1. The first-order valence-electron chi connectivity index (χ1n) is 4.93. The van der Waals surface area contributed by atoms with Gasteiger partial charge in [-0.3, -0.25) is 5.32 Å². The fraction of sp³-hybridized carbons (Fsp3) is 0.455. The molecule has 1 aliphatic rings. The van der Waals surface area contributed by atoms with Gasteiger partial charge in [-0.15, -0.1) is 0 Å². The van der Waals surface area contributed by atoms with Crippen LogP contribution < -0.4 is 5.32 Å². The molecule has 0 saturated carbocycles. The highest BCUT2D eigenvalue weighted by atomic mass is 19.3. The number of piperidine rings is 1. The molecule has 1 saturated heterocycles. The molecule has 0 amide bonds. The van der Waals surface area contributed by atoms with Gasteiger partial charge in [0.25, 0.3) is 11.7 Å². The van der Waals surface area contributed by atoms with Gasteiger partial charge in [-0.1, -0.05) is 30.3 Å². The Balaban J connectivity index is 2.40. The standard InChI is InChI=1S/C11H12F3N/c12-10(13)7-4-8-15-11(10,14)9-5-2-1-3-6-9/h1-3,5-6,15H,4,7-8H2. The van der Waals surface area contributed by atoms with E-state index in [0.717, 1.165) is 0 Å². The number of alkyl halides is 3. The third-order valence-corrected chi connectivity index (χ3v) is 2.71. The lowest BCUT2D eigenvalue weighted by Crippen LogP contribution is -2.56. The van der Waals surface area contributed by atoms with Crippen molar-refractivity contribution in [1.29, 1.82) is 0 Å². The van der Waals surface area contributed by atoms with E-state index in [2.05, 4.69) is 5.32 Å². The molecular formula is C11H12F3N. The molecule has 82 valence electrons. The zero-order valence-corrected chi connectivity index (χ0v) is 8.14. The van der Waals surface area contributed by atoms with Crippen LogP contribution in [0.4, 0.5) is 13.2 Å². The van der Waals surface area contributed by atoms with Crippen LogP contribution in [0.25, 0.3) is 0 Å². The van der Waals surface area contributed by atoms with Crippen LogP contribution in [0.15, 0.2) is 30.3 Å². The number of hydrogen-bond acceptors (Lipinski definition) is 1. The highest BCUT2D eigenvalue weighted by Crippen LogP contribution is 2.44. The van der Waals surface area contributed by atoms with Crippen LogP contribution in [-0.2, 0) is 5.79 Å². The van der Waals surface area contributed by atoms with Crippen molar-refractivity contribution in [2.45, 2.75) is 24.6 Å². The quantitative estimate of drug-likeness (QED) is 0.710. The maximum absolute atomic E-state index is 14.2. The fourth-order valence-electron chi connectivity index (χ4n) is 1.85. The number of rotatable bonds is 1. The lowest BCUT2D eigenvalue weighted by Gasteiger charge is -2.38. The van der Waals surface area contributed by atoms with Gasteiger partial charge in [0, 0.05) is 12.0 Å². The molecule has 1 atom stereocenters. The third-order valence-electron chi connectivity index (χ3n) is 2.71. The molecule has 1 nitrogen and oxygen atoms in total. The second kappa shape index (κ2) is 3.52. The van der Waals surface area contributed by atoms with Gasteiger partial charge < -0.3 is 0 Å². The van der Waals surface area contributed by atoms with Gasteiger partial charge in [-0.25, -0.2) is 13.2 Å². The predicted molar refractivity (Wildman–Crippen MR) is 51.4 cm³/mol. The molecule has 0 bridgehead atoms. The van der Waals surface area contributed by atoms with E-state index < -0.39 is 18.1 Å². The van der Waals surface area contributed by atoms with Gasteiger partial charge in [0.2, 0.25) is 0 Å². The molecule has 1 aromatic rings. The monoisotopic (exact) mass is 215 g/mol. The van der Waals surface area contributed by atoms with Crippen LogP contribution in [-0.4, -0.2) is 12.5 Å². The Morgan fingerprint density at radius 3 is 2.33 bits per heavy atom. The van der Waals surface area contributed by atoms with Crippen molar-refractivity contribution in [1.82, 2.24) is 5.32 Å². The van der Waals surface area contributed by atoms with Crippen LogP contribution in [0.2, 0.25) is 0 Å². The molecule has 0 aliphatic carbocycles. The second-order valence-electron chi connectivity index (χ2n) is 3.76. The molecular weight excluding hydrogens is 203 g/mol. The van der Waals surface area contributed by atoms with E-state index in [-0.39, 0.29) is 12.1 Å². The van der Waals surface area contributed by atoms with Gasteiger partial charge in [-0.2, -0.15) is 0 Å². The summed E-state index contributed by atoms with van der Waals surface area (Å²) in [4.78, 5) is 0. The van der Waals surface area contributed by atoms with Crippen LogP contribution in [0, 0.1) is 0 Å². The van der Waals surface area contributed by atoms with Crippen molar-refractivity contribution < 1.29 is 13.2 Å². The molecule has 4 heteroatoms. The van der Waals surface area contributed by atoms with Crippen LogP contribution in [0.1, 0.15) is 18.4 Å². The molecule has 1 aromatic carbocycles. The zero-order chi connectivity index (χ0) is 10.9. The smallest absolute Gasteiger partial charge is 0.276 e. The van der Waals surface area contributed by atoms with Crippen molar-refractivity contribution in [2.75, 3.05) is 6.54 Å². The summed E-state index contributed by atoms with van der Waals surface area (Å²) in [6, 6.07) is 7.55. The Bertz CT molecular complexity index is 339. The minimum Gasteiger partial charge on any atom is -0.276 e. The fourth-order valence-corrected chi connectivity index (χ4v) is 1.85. The molecule has 1 unspecified atom stereocenters. The van der Waals surface area contributed by atoms with E-state index >= 15 is 0 Å². The first-order valence-corrected chi connectivity index (χ1v) is 4.93. The Kier molecular flexibility index (Phi) is 2.46. The third kappa shape index (κ3) is 1.63. The van der Waals surface area contributed by atoms with Gasteiger partial charge in [-0.05, 0) is 13.0 Å². The number of benzene rings is 1. The Morgan fingerprint density at radius 1 is 1.07 bits per heavy atom. The predicted octanol–water partition coefficient (Wildman–Crippen LogP) is 2.83. The molecule has 0 radical (unpaired) electrons. The molecule has 15 heavy (non-hydrogen) atoms. The molecule has 0 aromatic heterocycles. The van der Waals surface area contributed by atoms with Crippen molar-refractivity contribution >= 4 is 0 Å². The lowest BCUT2D eigenvalue weighted by molar-refractivity contribution is -0.180. The number of halogens is 3. The SMILES string of the molecule is FC1(F)CCCNC1(F)c1ccccc1. The zero-order valence-electron chi connectivity index (χ0n) is 8.14. The Morgan fingerprint density at radius 2 is 1.73 bits per heavy atom. The maximum atomic E-state index is 14.2. The largest absolute Gasteiger partial charge is 0.299 e. The van der Waals surface area contributed by atoms with Crippen LogP contribution >= 0.6 is 0 Å². The summed E-state index contributed by atoms with van der Waals surface area (Å²) in [6.07, 6.45) is -0.114. The summed E-state index contributed by atoms with van der Waals surface area (Å²) in [5.74, 6) is -6.06. The van der Waals surface area contributed by atoms with Gasteiger partial charge in [0.05, 0.1) is 0 Å². The van der Waals surface area contributed by atoms with E-state index in [4.69, 9.17) is 0 Å². The Labute approximate surface area is 86.3 Å². The minimum atomic E-state index is -3.34. The average molecular weight is 215 g/mol. The van der Waals surface area contributed by atoms with Crippen LogP contribution in [0.5, 0.6) is 0 Å². The van der Waals surface area contributed by atoms with Gasteiger partial charge in [0.15, 0.2) is 0 Å². The van der Waals surface area contributed by atoms with Crippen molar-refractivity contribution in [3.8, 4) is 0 Å². The van der Waals surface area contributed by atoms with Gasteiger partial charge >= 0.3 is 0 Å². The minimum absolute atomic E-state index is 0.00491. The second-order valence-corrected chi connectivity index (χ2v) is 3.76. The molecule has 1 N–H and O–H groups in total. The Hall–Kier alpha value is -1.03.